The van der Waals surface area contributed by atoms with Crippen LogP contribution in [0.5, 0.6) is 0 Å². The maximum absolute atomic E-state index is 12.8. The zero-order valence-corrected chi connectivity index (χ0v) is 16.1. The molecule has 2 saturated heterocycles. The Balaban J connectivity index is 1.51. The summed E-state index contributed by atoms with van der Waals surface area (Å²) in [5.41, 5.74) is 3.17. The molecule has 1 aromatic carbocycles. The summed E-state index contributed by atoms with van der Waals surface area (Å²) in [7, 11) is 2.18. The number of nitrogens with zero attached hydrogens (tertiary/aromatic N) is 4. The average Bonchev–Trinajstić information content (AvgIpc) is 3.16. The third kappa shape index (κ3) is 3.30. The molecule has 1 amide bonds. The number of aryl methyl sites for hydroxylation is 2. The van der Waals surface area contributed by atoms with Crippen LogP contribution in [0.2, 0.25) is 0 Å². The van der Waals surface area contributed by atoms with E-state index >= 15 is 0 Å². The molecule has 2 aromatic rings. The lowest BCUT2D eigenvalue weighted by molar-refractivity contribution is -0.131. The van der Waals surface area contributed by atoms with Gasteiger partial charge in [-0.3, -0.25) is 14.5 Å². The second kappa shape index (κ2) is 6.93. The van der Waals surface area contributed by atoms with Crippen molar-refractivity contribution >= 4 is 5.91 Å². The molecular formula is C21H26N4O2. The number of fused-ring (bicyclic) bond motifs is 1. The fraction of sp³-hybridized carbons (Fsp3) is 0.476. The maximum Gasteiger partial charge on any atom is 0.267 e. The zero-order chi connectivity index (χ0) is 19.1. The van der Waals surface area contributed by atoms with Gasteiger partial charge < -0.3 is 4.90 Å². The van der Waals surface area contributed by atoms with Crippen molar-refractivity contribution in [3.05, 3.63) is 63.6 Å². The first-order valence-corrected chi connectivity index (χ1v) is 9.52. The number of rotatable bonds is 3. The van der Waals surface area contributed by atoms with Gasteiger partial charge in [0.2, 0.25) is 5.91 Å². The molecule has 2 aliphatic heterocycles. The zero-order valence-electron chi connectivity index (χ0n) is 16.1. The van der Waals surface area contributed by atoms with E-state index in [1.165, 1.54) is 21.9 Å². The quantitative estimate of drug-likeness (QED) is 0.828. The Hall–Kier alpha value is -2.47. The SMILES string of the molecule is Cc1ccc(=O)n(CC(=O)N2C[C@@H]3CN(C)[C@H](c4ccccc4C)[C@@H]3C2)n1. The van der Waals surface area contributed by atoms with Crippen LogP contribution in [0.25, 0.3) is 0 Å². The first-order chi connectivity index (χ1) is 12.9. The molecule has 3 heterocycles. The van der Waals surface area contributed by atoms with Crippen LogP contribution in [0.3, 0.4) is 0 Å². The summed E-state index contributed by atoms with van der Waals surface area (Å²) >= 11 is 0. The largest absolute Gasteiger partial charge is 0.340 e. The Kier molecular flexibility index (Phi) is 4.60. The molecule has 1 aromatic heterocycles. The third-order valence-electron chi connectivity index (χ3n) is 6.04. The van der Waals surface area contributed by atoms with Gasteiger partial charge in [-0.2, -0.15) is 5.10 Å². The van der Waals surface area contributed by atoms with Crippen LogP contribution in [-0.4, -0.2) is 52.2 Å². The number of carbonyl (C=O) groups is 1. The van der Waals surface area contributed by atoms with Crippen molar-refractivity contribution in [2.24, 2.45) is 11.8 Å². The molecule has 142 valence electrons. The van der Waals surface area contributed by atoms with Gasteiger partial charge in [0.15, 0.2) is 0 Å². The maximum atomic E-state index is 12.8. The fourth-order valence-corrected chi connectivity index (χ4v) is 4.74. The van der Waals surface area contributed by atoms with Crippen molar-refractivity contribution in [3.63, 3.8) is 0 Å². The monoisotopic (exact) mass is 366 g/mol. The molecule has 0 N–H and O–H groups in total. The Morgan fingerprint density at radius 2 is 1.89 bits per heavy atom. The van der Waals surface area contributed by atoms with Crippen LogP contribution in [0.1, 0.15) is 22.9 Å². The summed E-state index contributed by atoms with van der Waals surface area (Å²) in [6, 6.07) is 12.0. The van der Waals surface area contributed by atoms with E-state index in [1.54, 1.807) is 6.07 Å². The van der Waals surface area contributed by atoms with Gasteiger partial charge in [0.25, 0.3) is 5.56 Å². The Bertz CT molecular complexity index is 922. The highest BCUT2D eigenvalue weighted by Gasteiger charge is 2.47. The Morgan fingerprint density at radius 1 is 1.11 bits per heavy atom. The number of benzene rings is 1. The van der Waals surface area contributed by atoms with E-state index in [-0.39, 0.29) is 18.0 Å². The van der Waals surface area contributed by atoms with Crippen LogP contribution in [0.4, 0.5) is 0 Å². The molecule has 0 radical (unpaired) electrons. The van der Waals surface area contributed by atoms with Crippen molar-refractivity contribution in [2.75, 3.05) is 26.7 Å². The lowest BCUT2D eigenvalue weighted by Crippen LogP contribution is -2.38. The second-order valence-corrected chi connectivity index (χ2v) is 7.93. The highest BCUT2D eigenvalue weighted by molar-refractivity contribution is 5.76. The van der Waals surface area contributed by atoms with Gasteiger partial charge in [-0.05, 0) is 44.0 Å². The van der Waals surface area contributed by atoms with Gasteiger partial charge in [-0.15, -0.1) is 0 Å². The van der Waals surface area contributed by atoms with E-state index in [4.69, 9.17) is 0 Å². The molecule has 3 atom stereocenters. The summed E-state index contributed by atoms with van der Waals surface area (Å²) in [5.74, 6) is 0.892. The van der Waals surface area contributed by atoms with Crippen LogP contribution in [-0.2, 0) is 11.3 Å². The molecule has 0 spiro atoms. The minimum absolute atomic E-state index is 0.0178. The van der Waals surface area contributed by atoms with E-state index in [9.17, 15) is 9.59 Å². The lowest BCUT2D eigenvalue weighted by atomic mass is 9.88. The molecule has 0 unspecified atom stereocenters. The van der Waals surface area contributed by atoms with Crippen LogP contribution < -0.4 is 5.56 Å². The van der Waals surface area contributed by atoms with E-state index in [1.807, 2.05) is 11.8 Å². The highest BCUT2D eigenvalue weighted by atomic mass is 16.2. The molecule has 0 saturated carbocycles. The van der Waals surface area contributed by atoms with Gasteiger partial charge in [-0.1, -0.05) is 24.3 Å². The number of amides is 1. The lowest BCUT2D eigenvalue weighted by Gasteiger charge is -2.28. The van der Waals surface area contributed by atoms with Gasteiger partial charge in [0.1, 0.15) is 6.54 Å². The van der Waals surface area contributed by atoms with Crippen LogP contribution in [0.15, 0.2) is 41.2 Å². The van der Waals surface area contributed by atoms with Crippen LogP contribution in [0, 0.1) is 25.7 Å². The minimum atomic E-state index is -0.231. The summed E-state index contributed by atoms with van der Waals surface area (Å²) in [4.78, 5) is 29.1. The molecule has 0 aliphatic carbocycles. The predicted octanol–water partition coefficient (Wildman–Crippen LogP) is 1.62. The number of hydrogen-bond acceptors (Lipinski definition) is 4. The standard InChI is InChI=1S/C21H26N4O2/c1-14-6-4-5-7-17(14)21-18-12-24(11-16(18)10-23(21)3)20(27)13-25-19(26)9-8-15(2)22-25/h4-9,16,18,21H,10-13H2,1-3H3/t16-,18+,21+/m0/s1. The smallest absolute Gasteiger partial charge is 0.267 e. The van der Waals surface area contributed by atoms with Crippen molar-refractivity contribution in [1.82, 2.24) is 19.6 Å². The minimum Gasteiger partial charge on any atom is -0.340 e. The summed E-state index contributed by atoms with van der Waals surface area (Å²) < 4.78 is 1.27. The highest BCUT2D eigenvalue weighted by Crippen LogP contribution is 2.44. The molecule has 6 nitrogen and oxygen atoms in total. The fourth-order valence-electron chi connectivity index (χ4n) is 4.74. The van der Waals surface area contributed by atoms with E-state index in [0.717, 1.165) is 25.3 Å². The molecular weight excluding hydrogens is 340 g/mol. The van der Waals surface area contributed by atoms with Gasteiger partial charge in [-0.25, -0.2) is 4.68 Å². The molecule has 2 fully saturated rings. The van der Waals surface area contributed by atoms with Gasteiger partial charge in [0, 0.05) is 37.7 Å². The summed E-state index contributed by atoms with van der Waals surface area (Å²) in [5, 5.41) is 4.19. The van der Waals surface area contributed by atoms with E-state index in [2.05, 4.69) is 48.2 Å². The van der Waals surface area contributed by atoms with Crippen molar-refractivity contribution in [1.29, 1.82) is 0 Å². The van der Waals surface area contributed by atoms with E-state index < -0.39 is 0 Å². The van der Waals surface area contributed by atoms with Crippen LogP contribution >= 0.6 is 0 Å². The first-order valence-electron chi connectivity index (χ1n) is 9.52. The summed E-state index contributed by atoms with van der Waals surface area (Å²) in [6.07, 6.45) is 0. The molecule has 0 bridgehead atoms. The van der Waals surface area contributed by atoms with Gasteiger partial charge >= 0.3 is 0 Å². The second-order valence-electron chi connectivity index (χ2n) is 7.93. The molecule has 6 heteroatoms. The van der Waals surface area contributed by atoms with Crippen molar-refractivity contribution in [2.45, 2.75) is 26.4 Å². The van der Waals surface area contributed by atoms with Crippen molar-refractivity contribution < 1.29 is 4.79 Å². The average molecular weight is 366 g/mol. The number of hydrogen-bond donors (Lipinski definition) is 0. The number of carbonyl (C=O) groups excluding carboxylic acids is 1. The summed E-state index contributed by atoms with van der Waals surface area (Å²) in [6.45, 7) is 6.50. The van der Waals surface area contributed by atoms with Crippen molar-refractivity contribution in [3.8, 4) is 0 Å². The molecule has 27 heavy (non-hydrogen) atoms. The van der Waals surface area contributed by atoms with E-state index in [0.29, 0.717) is 17.9 Å². The topological polar surface area (TPSA) is 58.4 Å². The third-order valence-corrected chi connectivity index (χ3v) is 6.04. The normalized spacial score (nSPS) is 25.0. The molecule has 4 rings (SSSR count). The van der Waals surface area contributed by atoms with Gasteiger partial charge in [0.05, 0.1) is 5.69 Å². The number of aromatic nitrogens is 2. The Labute approximate surface area is 159 Å². The first kappa shape index (κ1) is 17.9. The Morgan fingerprint density at radius 3 is 2.67 bits per heavy atom. The predicted molar refractivity (Wildman–Crippen MR) is 103 cm³/mol. The number of likely N-dealkylation sites (tertiary alicyclic amines) is 2. The molecule has 2 aliphatic rings.